The number of hydrogen-bond donors (Lipinski definition) is 2. The van der Waals surface area contributed by atoms with Gasteiger partial charge in [-0.1, -0.05) is 13.3 Å². The van der Waals surface area contributed by atoms with Crippen molar-refractivity contribution in [1.82, 2.24) is 38.3 Å². The molecule has 0 atom stereocenters. The number of fused-ring (bicyclic) bond motifs is 3. The van der Waals surface area contributed by atoms with Crippen LogP contribution in [-0.2, 0) is 16.6 Å². The number of sulfonamides is 1. The van der Waals surface area contributed by atoms with Crippen LogP contribution in [0.3, 0.4) is 0 Å². The maximum atomic E-state index is 13.6. The Hall–Kier alpha value is -3.33. The first-order valence-corrected chi connectivity index (χ1v) is 14.3. The van der Waals surface area contributed by atoms with Crippen molar-refractivity contribution in [2.75, 3.05) is 45.9 Å². The smallest absolute Gasteiger partial charge is 0.336 e. The number of benzene rings is 1. The molecular formula is C24H32N8O5S. The van der Waals surface area contributed by atoms with Crippen LogP contribution in [0.1, 0.15) is 26.7 Å². The summed E-state index contributed by atoms with van der Waals surface area (Å²) in [4.78, 5) is 23.3. The van der Waals surface area contributed by atoms with Crippen LogP contribution >= 0.6 is 0 Å². The third-order valence-electron chi connectivity index (χ3n) is 6.78. The molecule has 38 heavy (non-hydrogen) atoms. The van der Waals surface area contributed by atoms with Gasteiger partial charge in [-0.25, -0.2) is 22.6 Å². The fourth-order valence-corrected chi connectivity index (χ4v) is 6.20. The number of ether oxygens (including phenoxy) is 1. The molecule has 4 aromatic rings. The number of aliphatic hydroxyl groups is 1. The van der Waals surface area contributed by atoms with Gasteiger partial charge in [0.05, 0.1) is 23.7 Å². The van der Waals surface area contributed by atoms with Gasteiger partial charge >= 0.3 is 5.69 Å². The second-order valence-electron chi connectivity index (χ2n) is 9.16. The lowest BCUT2D eigenvalue weighted by molar-refractivity contribution is 0.151. The van der Waals surface area contributed by atoms with Crippen molar-refractivity contribution >= 4 is 26.8 Å². The highest BCUT2D eigenvalue weighted by Gasteiger charge is 2.30. The van der Waals surface area contributed by atoms with E-state index in [2.05, 4.69) is 15.2 Å². The van der Waals surface area contributed by atoms with Gasteiger partial charge < -0.3 is 14.8 Å². The van der Waals surface area contributed by atoms with Gasteiger partial charge in [0.25, 0.3) is 0 Å². The summed E-state index contributed by atoms with van der Waals surface area (Å²) >= 11 is 0. The number of H-pyrrole nitrogens is 1. The van der Waals surface area contributed by atoms with E-state index in [1.807, 2.05) is 18.7 Å². The highest BCUT2D eigenvalue weighted by atomic mass is 32.2. The summed E-state index contributed by atoms with van der Waals surface area (Å²) in [6.45, 7) is 7.09. The van der Waals surface area contributed by atoms with Gasteiger partial charge in [-0.2, -0.15) is 4.31 Å². The summed E-state index contributed by atoms with van der Waals surface area (Å²) in [7, 11) is -3.78. The van der Waals surface area contributed by atoms with E-state index >= 15 is 0 Å². The number of unbranched alkanes of at least 4 members (excludes halogenated alkanes) is 1. The molecule has 3 aromatic heterocycles. The fourth-order valence-electron chi connectivity index (χ4n) is 4.75. The summed E-state index contributed by atoms with van der Waals surface area (Å²) in [6, 6.07) is 4.74. The van der Waals surface area contributed by atoms with Crippen molar-refractivity contribution in [3.63, 3.8) is 0 Å². The Morgan fingerprint density at radius 3 is 2.61 bits per heavy atom. The molecule has 0 amide bonds. The van der Waals surface area contributed by atoms with Crippen LogP contribution in [-0.4, -0.2) is 97.8 Å². The van der Waals surface area contributed by atoms with Gasteiger partial charge in [0.2, 0.25) is 10.0 Å². The number of nitrogens with zero attached hydrogens (tertiary/aromatic N) is 7. The lowest BCUT2D eigenvalue weighted by atomic mass is 10.2. The van der Waals surface area contributed by atoms with Crippen LogP contribution < -0.4 is 10.4 Å². The van der Waals surface area contributed by atoms with E-state index < -0.39 is 10.0 Å². The Morgan fingerprint density at radius 2 is 1.89 bits per heavy atom. The Labute approximate surface area is 219 Å². The standard InChI is InChI=1S/C24H32N8O5S/c1-3-5-8-31-22-20(23-28-25-16-32(23)24(31)34)26-21(27-22)18-15-17(6-7-19(18)37-4-2)38(35,36)30-11-9-29(10-12-30)13-14-33/h6-7,15-16,33H,3-5,8-14H2,1-2H3,(H,26,27). The van der Waals surface area contributed by atoms with Crippen molar-refractivity contribution in [3.8, 4) is 17.1 Å². The van der Waals surface area contributed by atoms with Crippen LogP contribution in [0.15, 0.2) is 34.2 Å². The lowest BCUT2D eigenvalue weighted by Crippen LogP contribution is -2.49. The first kappa shape index (κ1) is 26.3. The molecule has 14 heteroatoms. The Balaban J connectivity index is 1.60. The van der Waals surface area contributed by atoms with E-state index in [-0.39, 0.29) is 17.2 Å². The number of imidazole rings is 1. The second-order valence-corrected chi connectivity index (χ2v) is 11.1. The average molecular weight is 545 g/mol. The fraction of sp³-hybridized carbons (Fsp3) is 0.500. The van der Waals surface area contributed by atoms with E-state index in [0.717, 1.165) is 12.8 Å². The van der Waals surface area contributed by atoms with Gasteiger partial charge in [0, 0.05) is 39.3 Å². The summed E-state index contributed by atoms with van der Waals surface area (Å²) in [5.41, 5.74) is 1.48. The number of hydrogen-bond acceptors (Lipinski definition) is 9. The largest absolute Gasteiger partial charge is 0.493 e. The van der Waals surface area contributed by atoms with E-state index in [0.29, 0.717) is 79.8 Å². The minimum absolute atomic E-state index is 0.0416. The van der Waals surface area contributed by atoms with Gasteiger partial charge in [0.15, 0.2) is 11.3 Å². The summed E-state index contributed by atoms with van der Waals surface area (Å²) in [5.74, 6) is 0.840. The van der Waals surface area contributed by atoms with Crippen LogP contribution in [0.5, 0.6) is 5.75 Å². The predicted octanol–water partition coefficient (Wildman–Crippen LogP) is 0.932. The first-order valence-electron chi connectivity index (χ1n) is 12.8. The number of β-amino-alcohol motifs (C(OH)–C–C–N with tert-alkyl or cyclic N) is 1. The Morgan fingerprint density at radius 1 is 1.11 bits per heavy atom. The third-order valence-corrected chi connectivity index (χ3v) is 8.67. The molecule has 0 spiro atoms. The van der Waals surface area contributed by atoms with E-state index in [1.54, 1.807) is 22.8 Å². The van der Waals surface area contributed by atoms with Gasteiger partial charge in [0.1, 0.15) is 23.4 Å². The SMILES string of the molecule is CCCCn1c(=O)n2cnnc2c2[nH]c(-c3cc(S(=O)(=O)N4CCN(CCO)CC4)ccc3OCC)nc21. The van der Waals surface area contributed by atoms with Crippen LogP contribution in [0.4, 0.5) is 0 Å². The molecule has 0 radical (unpaired) electrons. The summed E-state index contributed by atoms with van der Waals surface area (Å²) < 4.78 is 37.4. The van der Waals surface area contributed by atoms with Gasteiger partial charge in [-0.05, 0) is 31.5 Å². The molecule has 0 saturated carbocycles. The van der Waals surface area contributed by atoms with Crippen molar-refractivity contribution < 1.29 is 18.3 Å². The van der Waals surface area contributed by atoms with Gasteiger partial charge in [-0.15, -0.1) is 10.2 Å². The molecule has 1 aliphatic heterocycles. The van der Waals surface area contributed by atoms with E-state index in [1.165, 1.54) is 15.0 Å². The molecule has 204 valence electrons. The monoisotopic (exact) mass is 544 g/mol. The van der Waals surface area contributed by atoms with E-state index in [4.69, 9.17) is 9.72 Å². The zero-order valence-electron chi connectivity index (χ0n) is 21.5. The molecule has 0 bridgehead atoms. The maximum Gasteiger partial charge on any atom is 0.336 e. The molecule has 1 aliphatic rings. The zero-order chi connectivity index (χ0) is 26.9. The quantitative estimate of drug-likeness (QED) is 0.297. The molecule has 2 N–H and O–H groups in total. The second kappa shape index (κ2) is 10.8. The first-order chi connectivity index (χ1) is 18.4. The van der Waals surface area contributed by atoms with Crippen LogP contribution in [0, 0.1) is 0 Å². The minimum atomic E-state index is -3.78. The number of aromatic nitrogens is 6. The highest BCUT2D eigenvalue weighted by molar-refractivity contribution is 7.89. The summed E-state index contributed by atoms with van der Waals surface area (Å²) in [5, 5.41) is 17.2. The molecule has 1 fully saturated rings. The van der Waals surface area contributed by atoms with Gasteiger partial charge in [-0.3, -0.25) is 9.47 Å². The maximum absolute atomic E-state index is 13.6. The number of nitrogens with one attached hydrogen (secondary N) is 1. The van der Waals surface area contributed by atoms with Crippen molar-refractivity contribution in [1.29, 1.82) is 0 Å². The Kier molecular flexibility index (Phi) is 7.47. The summed E-state index contributed by atoms with van der Waals surface area (Å²) in [6.07, 6.45) is 3.06. The predicted molar refractivity (Wildman–Crippen MR) is 141 cm³/mol. The van der Waals surface area contributed by atoms with Crippen LogP contribution in [0.2, 0.25) is 0 Å². The number of rotatable bonds is 10. The zero-order valence-corrected chi connectivity index (χ0v) is 22.3. The number of aliphatic hydroxyl groups excluding tert-OH is 1. The molecule has 13 nitrogen and oxygen atoms in total. The minimum Gasteiger partial charge on any atom is -0.493 e. The molecular weight excluding hydrogens is 512 g/mol. The highest BCUT2D eigenvalue weighted by Crippen LogP contribution is 2.33. The number of aromatic amines is 1. The normalized spacial score (nSPS) is 15.6. The Bertz CT molecular complexity index is 1600. The van der Waals surface area contributed by atoms with Crippen molar-refractivity contribution in [3.05, 3.63) is 35.0 Å². The topological polar surface area (TPSA) is 151 Å². The molecule has 1 aromatic carbocycles. The van der Waals surface area contributed by atoms with Crippen LogP contribution in [0.25, 0.3) is 28.2 Å². The lowest BCUT2D eigenvalue weighted by Gasteiger charge is -2.33. The van der Waals surface area contributed by atoms with E-state index in [9.17, 15) is 18.3 Å². The molecule has 1 saturated heterocycles. The van der Waals surface area contributed by atoms with Crippen molar-refractivity contribution in [2.45, 2.75) is 38.1 Å². The van der Waals surface area contributed by atoms with Crippen molar-refractivity contribution in [2.24, 2.45) is 0 Å². The number of aryl methyl sites for hydroxylation is 1. The molecule has 0 aliphatic carbocycles. The molecule has 4 heterocycles. The number of piperazine rings is 1. The third kappa shape index (κ3) is 4.68. The molecule has 5 rings (SSSR count). The molecule has 0 unspecified atom stereocenters. The average Bonchev–Trinajstić information content (AvgIpc) is 3.58.